The zero-order valence-corrected chi connectivity index (χ0v) is 19.5. The number of ether oxygens (including phenoxy) is 2. The summed E-state index contributed by atoms with van der Waals surface area (Å²) in [4.78, 5) is 24.8. The fourth-order valence-corrected chi connectivity index (χ4v) is 3.04. The number of nitriles is 1. The summed E-state index contributed by atoms with van der Waals surface area (Å²) in [5, 5.41) is 9.38. The molecule has 0 radical (unpaired) electrons. The summed E-state index contributed by atoms with van der Waals surface area (Å²) in [6.45, 7) is 14.9. The van der Waals surface area contributed by atoms with Crippen molar-refractivity contribution >= 4 is 11.8 Å². The molecule has 0 aromatic rings. The number of hydrogen-bond donors (Lipinski definition) is 0. The molecular formula is C25H35NO4. The van der Waals surface area contributed by atoms with E-state index < -0.39 is 11.2 Å². The second-order valence-corrected chi connectivity index (χ2v) is 8.96. The Hall–Kier alpha value is -2.45. The lowest BCUT2D eigenvalue weighted by Gasteiger charge is -2.19. The maximum Gasteiger partial charge on any atom is 0.338 e. The summed E-state index contributed by atoms with van der Waals surface area (Å²) in [6, 6.07) is 2.05. The lowest BCUT2D eigenvalue weighted by Crippen LogP contribution is -2.28. The van der Waals surface area contributed by atoms with Crippen LogP contribution in [-0.2, 0) is 19.1 Å². The fraction of sp³-hybridized carbons (Fsp3) is 0.560. The SMILES string of the molecule is C\C=C(/C=C(C)/C=C/CC/C=C(\C)C(=O)[C@]1(C#N)O[C@H]1C(C)C)C(=O)OC(C)(C)C. The molecule has 5 heteroatoms. The Morgan fingerprint density at radius 3 is 2.33 bits per heavy atom. The van der Waals surface area contributed by atoms with E-state index in [0.717, 1.165) is 12.0 Å². The third kappa shape index (κ3) is 7.11. The van der Waals surface area contributed by atoms with E-state index in [1.54, 1.807) is 26.0 Å². The lowest BCUT2D eigenvalue weighted by atomic mass is 9.90. The number of epoxide rings is 1. The third-order valence-corrected chi connectivity index (χ3v) is 4.62. The number of unbranched alkanes of at least 4 members (excludes halogenated alkanes) is 1. The average molecular weight is 414 g/mol. The predicted molar refractivity (Wildman–Crippen MR) is 119 cm³/mol. The van der Waals surface area contributed by atoms with Crippen molar-refractivity contribution in [3.05, 3.63) is 47.1 Å². The molecule has 0 aliphatic carbocycles. The van der Waals surface area contributed by atoms with Crippen LogP contribution in [-0.4, -0.2) is 29.1 Å². The Morgan fingerprint density at radius 2 is 1.87 bits per heavy atom. The van der Waals surface area contributed by atoms with Crippen LogP contribution in [0.25, 0.3) is 0 Å². The first-order valence-corrected chi connectivity index (χ1v) is 10.4. The highest BCUT2D eigenvalue weighted by Crippen LogP contribution is 2.43. The molecule has 0 saturated carbocycles. The molecule has 1 aliphatic rings. The number of Topliss-reactive ketones (excluding diaryl/α,β-unsaturated/α-hetero) is 1. The normalized spacial score (nSPS) is 22.9. The van der Waals surface area contributed by atoms with E-state index in [1.807, 2.05) is 59.8 Å². The summed E-state index contributed by atoms with van der Waals surface area (Å²) in [5.41, 5.74) is 0.172. The molecule has 164 valence electrons. The molecule has 0 spiro atoms. The molecule has 0 amide bonds. The van der Waals surface area contributed by atoms with Gasteiger partial charge in [0, 0.05) is 0 Å². The molecule has 1 heterocycles. The number of carbonyl (C=O) groups excluding carboxylic acids is 2. The van der Waals surface area contributed by atoms with Gasteiger partial charge in [0.05, 0.1) is 5.57 Å². The largest absolute Gasteiger partial charge is 0.456 e. The molecule has 1 rings (SSSR count). The van der Waals surface area contributed by atoms with Crippen LogP contribution < -0.4 is 0 Å². The van der Waals surface area contributed by atoms with Crippen molar-refractivity contribution in [2.75, 3.05) is 0 Å². The van der Waals surface area contributed by atoms with E-state index in [9.17, 15) is 14.9 Å². The summed E-state index contributed by atoms with van der Waals surface area (Å²) >= 11 is 0. The topological polar surface area (TPSA) is 79.7 Å². The summed E-state index contributed by atoms with van der Waals surface area (Å²) in [7, 11) is 0. The van der Waals surface area contributed by atoms with Gasteiger partial charge in [-0.25, -0.2) is 4.79 Å². The Kier molecular flexibility index (Phi) is 8.99. The van der Waals surface area contributed by atoms with Gasteiger partial charge < -0.3 is 9.47 Å². The molecule has 1 aliphatic heterocycles. The van der Waals surface area contributed by atoms with Gasteiger partial charge in [-0.2, -0.15) is 5.26 Å². The van der Waals surface area contributed by atoms with Crippen LogP contribution >= 0.6 is 0 Å². The van der Waals surface area contributed by atoms with Crippen molar-refractivity contribution in [2.45, 2.75) is 85.5 Å². The molecule has 0 unspecified atom stereocenters. The van der Waals surface area contributed by atoms with Crippen molar-refractivity contribution in [2.24, 2.45) is 5.92 Å². The maximum absolute atomic E-state index is 12.6. The molecule has 0 aromatic carbocycles. The number of allylic oxidation sites excluding steroid dienone is 5. The van der Waals surface area contributed by atoms with Crippen LogP contribution in [0, 0.1) is 17.2 Å². The molecule has 5 nitrogen and oxygen atoms in total. The lowest BCUT2D eigenvalue weighted by molar-refractivity contribution is -0.149. The maximum atomic E-state index is 12.6. The van der Waals surface area contributed by atoms with Gasteiger partial charge in [-0.3, -0.25) is 4.79 Å². The fourth-order valence-electron chi connectivity index (χ4n) is 3.04. The molecule has 2 atom stereocenters. The van der Waals surface area contributed by atoms with Crippen molar-refractivity contribution in [1.82, 2.24) is 0 Å². The zero-order chi connectivity index (χ0) is 23.1. The molecule has 1 fully saturated rings. The van der Waals surface area contributed by atoms with Crippen molar-refractivity contribution < 1.29 is 19.1 Å². The smallest absolute Gasteiger partial charge is 0.338 e. The quantitative estimate of drug-likeness (QED) is 0.166. The second kappa shape index (κ2) is 10.5. The second-order valence-electron chi connectivity index (χ2n) is 8.96. The first kappa shape index (κ1) is 25.6. The zero-order valence-electron chi connectivity index (χ0n) is 19.5. The molecular weight excluding hydrogens is 378 g/mol. The summed E-state index contributed by atoms with van der Waals surface area (Å²) in [6.07, 6.45) is 10.4. The molecule has 0 aromatic heterocycles. The molecule has 0 bridgehead atoms. The standard InChI is InChI=1S/C25H35NO4/c1-9-20(23(28)30-24(6,7)8)15-18(4)13-11-10-12-14-19(5)21(27)25(16-26)22(29-25)17(2)3/h9,11,13-15,17,22H,10,12H2,1-8H3/b13-11+,18-15+,19-14+,20-9+/t22-,25-/m0/s1. The highest BCUT2D eigenvalue weighted by Gasteiger charge is 2.64. The van der Waals surface area contributed by atoms with Crippen LogP contribution in [0.3, 0.4) is 0 Å². The van der Waals surface area contributed by atoms with E-state index in [0.29, 0.717) is 17.6 Å². The van der Waals surface area contributed by atoms with Crippen LogP contribution in [0.5, 0.6) is 0 Å². The minimum absolute atomic E-state index is 0.127. The molecule has 1 saturated heterocycles. The van der Waals surface area contributed by atoms with E-state index in [4.69, 9.17) is 9.47 Å². The summed E-state index contributed by atoms with van der Waals surface area (Å²) < 4.78 is 10.8. The highest BCUT2D eigenvalue weighted by molar-refractivity contribution is 6.06. The van der Waals surface area contributed by atoms with Gasteiger partial charge >= 0.3 is 5.97 Å². The van der Waals surface area contributed by atoms with Crippen LogP contribution in [0.15, 0.2) is 47.1 Å². The minimum Gasteiger partial charge on any atom is -0.456 e. The van der Waals surface area contributed by atoms with E-state index >= 15 is 0 Å². The monoisotopic (exact) mass is 413 g/mol. The van der Waals surface area contributed by atoms with Crippen molar-refractivity contribution in [3.63, 3.8) is 0 Å². The van der Waals surface area contributed by atoms with E-state index in [-0.39, 0.29) is 23.8 Å². The van der Waals surface area contributed by atoms with Crippen LogP contribution in [0.2, 0.25) is 0 Å². The van der Waals surface area contributed by atoms with Gasteiger partial charge in [-0.1, -0.05) is 43.7 Å². The minimum atomic E-state index is -1.30. The van der Waals surface area contributed by atoms with E-state index in [1.165, 1.54) is 0 Å². The van der Waals surface area contributed by atoms with Gasteiger partial charge in [0.1, 0.15) is 17.8 Å². The van der Waals surface area contributed by atoms with Gasteiger partial charge in [0.25, 0.3) is 0 Å². The Morgan fingerprint density at radius 1 is 1.23 bits per heavy atom. The number of ketones is 1. The first-order valence-electron chi connectivity index (χ1n) is 10.4. The number of carbonyl (C=O) groups is 2. The highest BCUT2D eigenvalue weighted by atomic mass is 16.6. The van der Waals surface area contributed by atoms with Crippen molar-refractivity contribution in [3.8, 4) is 6.07 Å². The number of nitrogens with zero attached hydrogens (tertiary/aromatic N) is 1. The Bertz CT molecular complexity index is 815. The van der Waals surface area contributed by atoms with E-state index in [2.05, 4.69) is 6.07 Å². The van der Waals surface area contributed by atoms with Gasteiger partial charge in [-0.15, -0.1) is 0 Å². The first-order chi connectivity index (χ1) is 13.9. The number of hydrogen-bond acceptors (Lipinski definition) is 5. The molecule has 0 N–H and O–H groups in total. The van der Waals surface area contributed by atoms with Crippen molar-refractivity contribution in [1.29, 1.82) is 5.26 Å². The van der Waals surface area contributed by atoms with Gasteiger partial charge in [0.15, 0.2) is 0 Å². The predicted octanol–water partition coefficient (Wildman–Crippen LogP) is 5.39. The number of rotatable bonds is 9. The average Bonchev–Trinajstić information content (AvgIpc) is 3.40. The Balaban J connectivity index is 2.62. The third-order valence-electron chi connectivity index (χ3n) is 4.62. The Labute approximate surface area is 181 Å². The van der Waals surface area contributed by atoms with Gasteiger partial charge in [-0.05, 0) is 72.0 Å². The summed E-state index contributed by atoms with van der Waals surface area (Å²) in [5.74, 6) is -0.455. The van der Waals surface area contributed by atoms with Gasteiger partial charge in [0.2, 0.25) is 11.4 Å². The van der Waals surface area contributed by atoms with Crippen LogP contribution in [0.4, 0.5) is 0 Å². The van der Waals surface area contributed by atoms with Crippen LogP contribution in [0.1, 0.15) is 68.2 Å². The molecule has 30 heavy (non-hydrogen) atoms. The number of esters is 1.